The minimum absolute atomic E-state index is 0.129. The quantitative estimate of drug-likeness (QED) is 0.711. The Labute approximate surface area is 124 Å². The van der Waals surface area contributed by atoms with Gasteiger partial charge in [-0.25, -0.2) is 0 Å². The van der Waals surface area contributed by atoms with Crippen molar-refractivity contribution < 1.29 is 9.59 Å². The van der Waals surface area contributed by atoms with Crippen LogP contribution in [0.15, 0.2) is 18.2 Å². The molecule has 114 valence electrons. The zero-order chi connectivity index (χ0) is 15.4. The number of carbonyl (C=O) groups excluding carboxylic acids is 2. The second-order valence-corrected chi connectivity index (χ2v) is 5.62. The van der Waals surface area contributed by atoms with E-state index < -0.39 is 0 Å². The fourth-order valence-corrected chi connectivity index (χ4v) is 2.62. The van der Waals surface area contributed by atoms with Crippen molar-refractivity contribution in [2.24, 2.45) is 11.7 Å². The Bertz CT molecular complexity index is 544. The fraction of sp³-hybridized carbons (Fsp3) is 0.467. The number of likely N-dealkylation sites (tertiary alicyclic amines) is 1. The summed E-state index contributed by atoms with van der Waals surface area (Å²) in [6.07, 6.45) is 1.69. The van der Waals surface area contributed by atoms with Crippen LogP contribution in [-0.2, 0) is 9.59 Å². The Morgan fingerprint density at radius 2 is 2.19 bits per heavy atom. The summed E-state index contributed by atoms with van der Waals surface area (Å²) in [6.45, 7) is 3.55. The van der Waals surface area contributed by atoms with Crippen LogP contribution in [-0.4, -0.2) is 36.3 Å². The Balaban J connectivity index is 1.91. The largest absolute Gasteiger partial charge is 0.397 e. The van der Waals surface area contributed by atoms with Gasteiger partial charge in [0.2, 0.25) is 11.8 Å². The molecular formula is C15H22N4O2. The second-order valence-electron chi connectivity index (χ2n) is 5.62. The summed E-state index contributed by atoms with van der Waals surface area (Å²) in [4.78, 5) is 25.3. The minimum atomic E-state index is -0.289. The van der Waals surface area contributed by atoms with Crippen molar-refractivity contribution >= 4 is 23.2 Å². The zero-order valence-electron chi connectivity index (χ0n) is 12.3. The van der Waals surface area contributed by atoms with Gasteiger partial charge in [-0.1, -0.05) is 6.07 Å². The monoisotopic (exact) mass is 290 g/mol. The Morgan fingerprint density at radius 3 is 2.86 bits per heavy atom. The van der Waals surface area contributed by atoms with Crippen molar-refractivity contribution in [3.05, 3.63) is 23.8 Å². The molecule has 21 heavy (non-hydrogen) atoms. The zero-order valence-corrected chi connectivity index (χ0v) is 12.3. The maximum Gasteiger partial charge on any atom is 0.238 e. The molecule has 0 saturated carbocycles. The molecule has 1 atom stereocenters. The molecule has 1 unspecified atom stereocenters. The van der Waals surface area contributed by atoms with Crippen LogP contribution in [0.1, 0.15) is 18.4 Å². The number of hydrogen-bond acceptors (Lipinski definition) is 4. The van der Waals surface area contributed by atoms with Gasteiger partial charge in [-0.3, -0.25) is 14.5 Å². The summed E-state index contributed by atoms with van der Waals surface area (Å²) >= 11 is 0. The fourth-order valence-electron chi connectivity index (χ4n) is 2.62. The number of anilines is 2. The number of carbonyl (C=O) groups is 2. The molecule has 0 radical (unpaired) electrons. The van der Waals surface area contributed by atoms with Gasteiger partial charge in [0.25, 0.3) is 0 Å². The van der Waals surface area contributed by atoms with Gasteiger partial charge in [0, 0.05) is 6.54 Å². The van der Waals surface area contributed by atoms with Gasteiger partial charge >= 0.3 is 0 Å². The van der Waals surface area contributed by atoms with E-state index in [0.29, 0.717) is 17.9 Å². The first-order chi connectivity index (χ1) is 9.95. The molecule has 0 aliphatic carbocycles. The minimum Gasteiger partial charge on any atom is -0.397 e. The van der Waals surface area contributed by atoms with Crippen molar-refractivity contribution in [2.45, 2.75) is 19.8 Å². The molecule has 2 amide bonds. The highest BCUT2D eigenvalue weighted by Gasteiger charge is 2.25. The third-order valence-corrected chi connectivity index (χ3v) is 3.76. The highest BCUT2D eigenvalue weighted by molar-refractivity contribution is 5.95. The van der Waals surface area contributed by atoms with Crippen molar-refractivity contribution in [2.75, 3.05) is 30.7 Å². The van der Waals surface area contributed by atoms with Gasteiger partial charge in [-0.2, -0.15) is 0 Å². The molecule has 1 heterocycles. The number of benzene rings is 1. The number of hydrogen-bond donors (Lipinski definition) is 3. The van der Waals surface area contributed by atoms with E-state index in [1.807, 2.05) is 24.0 Å². The lowest BCUT2D eigenvalue weighted by Crippen LogP contribution is -2.44. The van der Waals surface area contributed by atoms with Gasteiger partial charge in [-0.05, 0) is 44.0 Å². The molecule has 1 aromatic rings. The van der Waals surface area contributed by atoms with Crippen molar-refractivity contribution in [3.8, 4) is 0 Å². The average Bonchev–Trinajstić information content (AvgIpc) is 2.42. The summed E-state index contributed by atoms with van der Waals surface area (Å²) < 4.78 is 0. The van der Waals surface area contributed by atoms with Crippen LogP contribution in [0.2, 0.25) is 0 Å². The van der Waals surface area contributed by atoms with Crippen LogP contribution in [0.4, 0.5) is 11.4 Å². The smallest absolute Gasteiger partial charge is 0.238 e. The molecule has 0 aromatic heterocycles. The van der Waals surface area contributed by atoms with Gasteiger partial charge in [0.15, 0.2) is 0 Å². The molecule has 0 bridgehead atoms. The molecule has 6 heteroatoms. The van der Waals surface area contributed by atoms with E-state index in [-0.39, 0.29) is 24.3 Å². The van der Waals surface area contributed by atoms with Crippen LogP contribution in [0.5, 0.6) is 0 Å². The second kappa shape index (κ2) is 6.58. The van der Waals surface area contributed by atoms with E-state index in [1.165, 1.54) is 0 Å². The molecule has 1 fully saturated rings. The van der Waals surface area contributed by atoms with Gasteiger partial charge in [0.1, 0.15) is 0 Å². The van der Waals surface area contributed by atoms with Crippen LogP contribution in [0, 0.1) is 12.8 Å². The molecule has 1 aromatic carbocycles. The lowest BCUT2D eigenvalue weighted by atomic mass is 9.97. The van der Waals surface area contributed by atoms with Crippen LogP contribution in [0.3, 0.4) is 0 Å². The Kier molecular flexibility index (Phi) is 4.80. The molecular weight excluding hydrogens is 268 g/mol. The van der Waals surface area contributed by atoms with E-state index in [1.54, 1.807) is 6.07 Å². The van der Waals surface area contributed by atoms with E-state index in [9.17, 15) is 9.59 Å². The SMILES string of the molecule is Cc1ccc(NC(=O)CN2CCCC(C(N)=O)C2)c(N)c1. The summed E-state index contributed by atoms with van der Waals surface area (Å²) in [6, 6.07) is 5.51. The van der Waals surface area contributed by atoms with E-state index in [4.69, 9.17) is 11.5 Å². The molecule has 1 aliphatic heterocycles. The van der Waals surface area contributed by atoms with Crippen LogP contribution < -0.4 is 16.8 Å². The van der Waals surface area contributed by atoms with E-state index in [0.717, 1.165) is 24.9 Å². The maximum atomic E-state index is 12.1. The van der Waals surface area contributed by atoms with E-state index >= 15 is 0 Å². The predicted molar refractivity (Wildman–Crippen MR) is 82.6 cm³/mol. The summed E-state index contributed by atoms with van der Waals surface area (Å²) in [7, 11) is 0. The molecule has 1 aliphatic rings. The number of amides is 2. The molecule has 2 rings (SSSR count). The highest BCUT2D eigenvalue weighted by atomic mass is 16.2. The standard InChI is InChI=1S/C15H22N4O2/c1-10-4-5-13(12(16)7-10)18-14(20)9-19-6-2-3-11(8-19)15(17)21/h4-5,7,11H,2-3,6,8-9,16H2,1H3,(H2,17,21)(H,18,20). The number of rotatable bonds is 4. The summed E-state index contributed by atoms with van der Waals surface area (Å²) in [5.41, 5.74) is 13.4. The summed E-state index contributed by atoms with van der Waals surface area (Å²) in [5.74, 6) is -0.574. The molecule has 1 saturated heterocycles. The number of piperidine rings is 1. The van der Waals surface area contributed by atoms with Gasteiger partial charge in [0.05, 0.1) is 23.8 Å². The first-order valence-electron chi connectivity index (χ1n) is 7.13. The average molecular weight is 290 g/mol. The third-order valence-electron chi connectivity index (χ3n) is 3.76. The van der Waals surface area contributed by atoms with E-state index in [2.05, 4.69) is 5.32 Å². The number of aryl methyl sites for hydroxylation is 1. The number of primary amides is 1. The molecule has 5 N–H and O–H groups in total. The van der Waals surface area contributed by atoms with Crippen molar-refractivity contribution in [3.63, 3.8) is 0 Å². The maximum absolute atomic E-state index is 12.1. The Hall–Kier alpha value is -2.08. The van der Waals surface area contributed by atoms with Gasteiger partial charge in [-0.15, -0.1) is 0 Å². The molecule has 0 spiro atoms. The number of nitrogens with zero attached hydrogens (tertiary/aromatic N) is 1. The first kappa shape index (κ1) is 15.3. The highest BCUT2D eigenvalue weighted by Crippen LogP contribution is 2.20. The molecule has 6 nitrogen and oxygen atoms in total. The third kappa shape index (κ3) is 4.19. The predicted octanol–water partition coefficient (Wildman–Crippen LogP) is 0.713. The topological polar surface area (TPSA) is 101 Å². The first-order valence-corrected chi connectivity index (χ1v) is 7.13. The summed E-state index contributed by atoms with van der Waals surface area (Å²) in [5, 5.41) is 2.81. The van der Waals surface area contributed by atoms with Crippen LogP contribution in [0.25, 0.3) is 0 Å². The van der Waals surface area contributed by atoms with Gasteiger partial charge < -0.3 is 16.8 Å². The lowest BCUT2D eigenvalue weighted by molar-refractivity contribution is -0.125. The lowest BCUT2D eigenvalue weighted by Gasteiger charge is -2.30. The Morgan fingerprint density at radius 1 is 1.43 bits per heavy atom. The number of nitrogen functional groups attached to an aromatic ring is 1. The number of nitrogens with two attached hydrogens (primary N) is 2. The normalized spacial score (nSPS) is 19.2. The van der Waals surface area contributed by atoms with Crippen molar-refractivity contribution in [1.82, 2.24) is 4.90 Å². The number of nitrogens with one attached hydrogen (secondary N) is 1. The van der Waals surface area contributed by atoms with Crippen molar-refractivity contribution in [1.29, 1.82) is 0 Å². The van der Waals surface area contributed by atoms with Crippen LogP contribution >= 0.6 is 0 Å².